The minimum atomic E-state index is -0.544. The molecule has 31 heavy (non-hydrogen) atoms. The number of fused-ring (bicyclic) bond motifs is 1. The second-order valence-electron chi connectivity index (χ2n) is 7.16. The van der Waals surface area contributed by atoms with Crippen molar-refractivity contribution in [1.82, 2.24) is 14.5 Å². The Labute approximate surface area is 184 Å². The van der Waals surface area contributed by atoms with Crippen LogP contribution in [-0.4, -0.2) is 34.1 Å². The van der Waals surface area contributed by atoms with E-state index in [1.54, 1.807) is 25.6 Å². The molecule has 2 aromatic heterocycles. The molecule has 0 aliphatic rings. The smallest absolute Gasteiger partial charge is 0.252 e. The van der Waals surface area contributed by atoms with Crippen molar-refractivity contribution in [2.45, 2.75) is 13.3 Å². The highest BCUT2D eigenvalue weighted by Crippen LogP contribution is 2.27. The number of amides is 1. The Morgan fingerprint density at radius 2 is 2.06 bits per heavy atom. The van der Waals surface area contributed by atoms with E-state index in [1.165, 1.54) is 0 Å². The minimum Gasteiger partial charge on any atom is -0.496 e. The first-order chi connectivity index (χ1) is 15.0. The molecule has 0 aliphatic heterocycles. The molecule has 0 atom stereocenters. The van der Waals surface area contributed by atoms with Crippen molar-refractivity contribution in [3.63, 3.8) is 0 Å². The molecular formula is C23H22ClN5O2. The van der Waals surface area contributed by atoms with Crippen LogP contribution in [0.2, 0.25) is 5.02 Å². The van der Waals surface area contributed by atoms with Crippen LogP contribution in [0.4, 0.5) is 5.82 Å². The lowest BCUT2D eigenvalue weighted by Gasteiger charge is -2.12. The molecule has 1 amide bonds. The van der Waals surface area contributed by atoms with Crippen LogP contribution in [0.25, 0.3) is 16.9 Å². The van der Waals surface area contributed by atoms with Crippen LogP contribution in [-0.2, 0) is 6.42 Å². The SMILES string of the molecule is COc1cc2c(cc1C)ncn2-c1ccc(C(N)=O)c(NCCc2cccc(Cl)c2)n1. The van der Waals surface area contributed by atoms with Gasteiger partial charge in [-0.05, 0) is 54.8 Å². The third kappa shape index (κ3) is 4.32. The van der Waals surface area contributed by atoms with Crippen molar-refractivity contribution in [3.8, 4) is 11.6 Å². The van der Waals surface area contributed by atoms with Gasteiger partial charge in [0.05, 0.1) is 23.7 Å². The van der Waals surface area contributed by atoms with E-state index in [4.69, 9.17) is 22.1 Å². The molecule has 0 radical (unpaired) electrons. The van der Waals surface area contributed by atoms with E-state index in [1.807, 2.05) is 47.9 Å². The first-order valence-corrected chi connectivity index (χ1v) is 10.2. The van der Waals surface area contributed by atoms with Crippen molar-refractivity contribution in [3.05, 3.63) is 76.6 Å². The molecule has 0 bridgehead atoms. The predicted molar refractivity (Wildman–Crippen MR) is 122 cm³/mol. The monoisotopic (exact) mass is 435 g/mol. The highest BCUT2D eigenvalue weighted by molar-refractivity contribution is 6.30. The average molecular weight is 436 g/mol. The van der Waals surface area contributed by atoms with Gasteiger partial charge in [-0.25, -0.2) is 9.97 Å². The van der Waals surface area contributed by atoms with E-state index in [9.17, 15) is 4.79 Å². The third-order valence-electron chi connectivity index (χ3n) is 5.05. The van der Waals surface area contributed by atoms with Gasteiger partial charge in [0.15, 0.2) is 0 Å². The normalized spacial score (nSPS) is 10.9. The first-order valence-electron chi connectivity index (χ1n) is 9.77. The standard InChI is InChI=1S/C23H22ClN5O2/c1-14-10-18-19(12-20(14)31-2)29(13-27-18)21-7-6-17(22(25)30)23(28-21)26-9-8-15-4-3-5-16(24)11-15/h3-7,10-13H,8-9H2,1-2H3,(H2,25,30)(H,26,28). The average Bonchev–Trinajstić information content (AvgIpc) is 3.15. The van der Waals surface area contributed by atoms with E-state index in [2.05, 4.69) is 15.3 Å². The summed E-state index contributed by atoms with van der Waals surface area (Å²) in [6.07, 6.45) is 2.42. The highest BCUT2D eigenvalue weighted by Gasteiger charge is 2.14. The lowest BCUT2D eigenvalue weighted by molar-refractivity contribution is 0.100. The van der Waals surface area contributed by atoms with Gasteiger partial charge in [0.2, 0.25) is 0 Å². The van der Waals surface area contributed by atoms with E-state index in [-0.39, 0.29) is 0 Å². The molecule has 0 spiro atoms. The second kappa shape index (κ2) is 8.65. The van der Waals surface area contributed by atoms with Gasteiger partial charge in [-0.3, -0.25) is 9.36 Å². The van der Waals surface area contributed by atoms with Crippen LogP contribution in [0, 0.1) is 6.92 Å². The Hall–Kier alpha value is -3.58. The number of halogens is 1. The lowest BCUT2D eigenvalue weighted by Crippen LogP contribution is -2.17. The molecule has 4 aromatic rings. The number of benzene rings is 2. The number of hydrogen-bond acceptors (Lipinski definition) is 5. The summed E-state index contributed by atoms with van der Waals surface area (Å²) in [5, 5.41) is 3.92. The van der Waals surface area contributed by atoms with Crippen molar-refractivity contribution in [2.24, 2.45) is 5.73 Å². The van der Waals surface area contributed by atoms with Crippen LogP contribution in [0.15, 0.2) is 54.9 Å². The molecule has 2 heterocycles. The number of carbonyl (C=O) groups excluding carboxylic acids is 1. The molecule has 2 aromatic carbocycles. The van der Waals surface area contributed by atoms with Crippen LogP contribution < -0.4 is 15.8 Å². The summed E-state index contributed by atoms with van der Waals surface area (Å²) in [6, 6.07) is 15.0. The highest BCUT2D eigenvalue weighted by atomic mass is 35.5. The second-order valence-corrected chi connectivity index (χ2v) is 7.60. The zero-order chi connectivity index (χ0) is 22.0. The maximum atomic E-state index is 11.9. The zero-order valence-electron chi connectivity index (χ0n) is 17.2. The Bertz CT molecular complexity index is 1270. The largest absolute Gasteiger partial charge is 0.496 e. The maximum absolute atomic E-state index is 11.9. The van der Waals surface area contributed by atoms with E-state index in [0.717, 1.165) is 34.3 Å². The van der Waals surface area contributed by atoms with Crippen molar-refractivity contribution >= 4 is 34.4 Å². The van der Waals surface area contributed by atoms with Gasteiger partial charge in [-0.2, -0.15) is 0 Å². The summed E-state index contributed by atoms with van der Waals surface area (Å²) in [5.74, 6) is 1.26. The number of nitrogens with zero attached hydrogens (tertiary/aromatic N) is 3. The maximum Gasteiger partial charge on any atom is 0.252 e. The number of hydrogen-bond donors (Lipinski definition) is 2. The number of aryl methyl sites for hydroxylation is 1. The number of nitrogens with one attached hydrogen (secondary N) is 1. The van der Waals surface area contributed by atoms with Gasteiger partial charge in [-0.15, -0.1) is 0 Å². The number of methoxy groups -OCH3 is 1. The number of primary amides is 1. The number of rotatable bonds is 7. The van der Waals surface area contributed by atoms with Gasteiger partial charge in [0.25, 0.3) is 5.91 Å². The van der Waals surface area contributed by atoms with Crippen LogP contribution in [0.5, 0.6) is 5.75 Å². The summed E-state index contributed by atoms with van der Waals surface area (Å²) in [7, 11) is 1.64. The molecule has 158 valence electrons. The van der Waals surface area contributed by atoms with E-state index >= 15 is 0 Å². The van der Waals surface area contributed by atoms with Gasteiger partial charge < -0.3 is 15.8 Å². The summed E-state index contributed by atoms with van der Waals surface area (Å²) in [4.78, 5) is 21.0. The number of nitrogens with two attached hydrogens (primary N) is 1. The summed E-state index contributed by atoms with van der Waals surface area (Å²) < 4.78 is 7.30. The minimum absolute atomic E-state index is 0.327. The Morgan fingerprint density at radius 1 is 1.23 bits per heavy atom. The predicted octanol–water partition coefficient (Wildman–Crippen LogP) is 4.14. The summed E-state index contributed by atoms with van der Waals surface area (Å²) in [6.45, 7) is 2.54. The number of anilines is 1. The molecule has 7 nitrogen and oxygen atoms in total. The fourth-order valence-corrected chi connectivity index (χ4v) is 3.69. The Morgan fingerprint density at radius 3 is 2.81 bits per heavy atom. The fourth-order valence-electron chi connectivity index (χ4n) is 3.48. The first kappa shape index (κ1) is 20.7. The number of carbonyl (C=O) groups is 1. The molecule has 3 N–H and O–H groups in total. The Balaban J connectivity index is 1.65. The van der Waals surface area contributed by atoms with Crippen molar-refractivity contribution < 1.29 is 9.53 Å². The number of imidazole rings is 1. The molecule has 4 rings (SSSR count). The summed E-state index contributed by atoms with van der Waals surface area (Å²) >= 11 is 6.05. The molecular weight excluding hydrogens is 414 g/mol. The Kier molecular flexibility index (Phi) is 5.77. The third-order valence-corrected chi connectivity index (χ3v) is 5.29. The molecule has 0 saturated heterocycles. The van der Waals surface area contributed by atoms with Crippen molar-refractivity contribution in [2.75, 3.05) is 19.0 Å². The van der Waals surface area contributed by atoms with Crippen molar-refractivity contribution in [1.29, 1.82) is 0 Å². The zero-order valence-corrected chi connectivity index (χ0v) is 18.0. The van der Waals surface area contributed by atoms with Gasteiger partial charge in [-0.1, -0.05) is 23.7 Å². The van der Waals surface area contributed by atoms with Crippen LogP contribution >= 0.6 is 11.6 Å². The molecule has 0 saturated carbocycles. The molecule has 0 fully saturated rings. The van der Waals surface area contributed by atoms with E-state index in [0.29, 0.717) is 28.8 Å². The molecule has 0 unspecified atom stereocenters. The van der Waals surface area contributed by atoms with Gasteiger partial charge >= 0.3 is 0 Å². The summed E-state index contributed by atoms with van der Waals surface area (Å²) in [5.41, 5.74) is 9.65. The van der Waals surface area contributed by atoms with E-state index < -0.39 is 5.91 Å². The van der Waals surface area contributed by atoms with Gasteiger partial charge in [0, 0.05) is 17.6 Å². The van der Waals surface area contributed by atoms with Crippen LogP contribution in [0.3, 0.4) is 0 Å². The lowest BCUT2D eigenvalue weighted by atomic mass is 10.1. The van der Waals surface area contributed by atoms with Crippen LogP contribution in [0.1, 0.15) is 21.5 Å². The topological polar surface area (TPSA) is 95.1 Å². The number of ether oxygens (including phenoxy) is 1. The fraction of sp³-hybridized carbons (Fsp3) is 0.174. The van der Waals surface area contributed by atoms with Gasteiger partial charge in [0.1, 0.15) is 23.7 Å². The molecule has 8 heteroatoms. The molecule has 0 aliphatic carbocycles. The number of pyridine rings is 1. The number of aromatic nitrogens is 3. The quantitative estimate of drug-likeness (QED) is 0.454.